The Labute approximate surface area is 81.1 Å². The van der Waals surface area contributed by atoms with E-state index in [4.69, 9.17) is 23.2 Å². The summed E-state index contributed by atoms with van der Waals surface area (Å²) in [5.74, 6) is 0. The average molecular weight is 206 g/mol. The number of pyridine rings is 1. The maximum atomic E-state index is 9.25. The van der Waals surface area contributed by atoms with Crippen molar-refractivity contribution >= 4 is 23.2 Å². The first kappa shape index (κ1) is 9.78. The molecule has 1 aromatic heterocycles. The van der Waals surface area contributed by atoms with Gasteiger partial charge in [0.25, 0.3) is 0 Å². The first-order chi connectivity index (χ1) is 5.52. The SMILES string of the molecule is Cc1cc(C(C)O)c(Cl)nc1Cl. The molecule has 1 atom stereocenters. The largest absolute Gasteiger partial charge is 0.389 e. The molecule has 0 amide bonds. The molecule has 0 spiro atoms. The zero-order valence-corrected chi connectivity index (χ0v) is 8.32. The van der Waals surface area contributed by atoms with Crippen LogP contribution in [0.3, 0.4) is 0 Å². The van der Waals surface area contributed by atoms with Gasteiger partial charge in [0.15, 0.2) is 0 Å². The van der Waals surface area contributed by atoms with E-state index in [1.165, 1.54) is 0 Å². The minimum atomic E-state index is -0.610. The Morgan fingerprint density at radius 2 is 2.00 bits per heavy atom. The molecule has 1 unspecified atom stereocenters. The molecule has 12 heavy (non-hydrogen) atoms. The molecule has 1 N–H and O–H groups in total. The standard InChI is InChI=1S/C8H9Cl2NO/c1-4-3-6(5(2)12)8(10)11-7(4)9/h3,5,12H,1-2H3. The lowest BCUT2D eigenvalue weighted by molar-refractivity contribution is 0.199. The average Bonchev–Trinajstić information content (AvgIpc) is 1.96. The maximum absolute atomic E-state index is 9.25. The number of aliphatic hydroxyl groups is 1. The van der Waals surface area contributed by atoms with Crippen LogP contribution in [0.1, 0.15) is 24.2 Å². The zero-order valence-electron chi connectivity index (χ0n) is 6.81. The molecule has 1 heterocycles. The second-order valence-electron chi connectivity index (χ2n) is 2.65. The fourth-order valence-electron chi connectivity index (χ4n) is 0.884. The van der Waals surface area contributed by atoms with Crippen LogP contribution in [0, 0.1) is 6.92 Å². The molecule has 1 rings (SSSR count). The van der Waals surface area contributed by atoms with E-state index in [0.717, 1.165) is 5.56 Å². The normalized spacial score (nSPS) is 13.1. The highest BCUT2D eigenvalue weighted by atomic mass is 35.5. The highest BCUT2D eigenvalue weighted by Crippen LogP contribution is 2.25. The number of halogens is 2. The van der Waals surface area contributed by atoms with E-state index >= 15 is 0 Å². The monoisotopic (exact) mass is 205 g/mol. The van der Waals surface area contributed by atoms with Crippen molar-refractivity contribution in [2.24, 2.45) is 0 Å². The van der Waals surface area contributed by atoms with Crippen LogP contribution < -0.4 is 0 Å². The van der Waals surface area contributed by atoms with Crippen molar-refractivity contribution in [2.45, 2.75) is 20.0 Å². The third kappa shape index (κ3) is 1.89. The molecule has 0 fully saturated rings. The summed E-state index contributed by atoms with van der Waals surface area (Å²) in [7, 11) is 0. The summed E-state index contributed by atoms with van der Waals surface area (Å²) in [5, 5.41) is 9.90. The summed E-state index contributed by atoms with van der Waals surface area (Å²) in [6.07, 6.45) is -0.610. The van der Waals surface area contributed by atoms with Crippen molar-refractivity contribution in [3.63, 3.8) is 0 Å². The molecule has 0 saturated heterocycles. The molecule has 4 heteroatoms. The van der Waals surface area contributed by atoms with E-state index in [1.54, 1.807) is 13.0 Å². The van der Waals surface area contributed by atoms with E-state index < -0.39 is 6.10 Å². The quantitative estimate of drug-likeness (QED) is 0.716. The Morgan fingerprint density at radius 1 is 1.42 bits per heavy atom. The molecular formula is C8H9Cl2NO. The van der Waals surface area contributed by atoms with Crippen molar-refractivity contribution in [1.82, 2.24) is 4.98 Å². The maximum Gasteiger partial charge on any atom is 0.136 e. The minimum Gasteiger partial charge on any atom is -0.389 e. The number of rotatable bonds is 1. The predicted octanol–water partition coefficient (Wildman–Crippen LogP) is 2.75. The van der Waals surface area contributed by atoms with Crippen LogP contribution in [-0.2, 0) is 0 Å². The molecule has 2 nitrogen and oxygen atoms in total. The first-order valence-electron chi connectivity index (χ1n) is 3.53. The smallest absolute Gasteiger partial charge is 0.136 e. The summed E-state index contributed by atoms with van der Waals surface area (Å²) in [4.78, 5) is 3.87. The summed E-state index contributed by atoms with van der Waals surface area (Å²) >= 11 is 11.5. The van der Waals surface area contributed by atoms with Gasteiger partial charge in [-0.1, -0.05) is 23.2 Å². The topological polar surface area (TPSA) is 33.1 Å². The molecule has 0 saturated carbocycles. The Morgan fingerprint density at radius 3 is 2.50 bits per heavy atom. The Hall–Kier alpha value is -0.310. The number of nitrogens with zero attached hydrogens (tertiary/aromatic N) is 1. The molecular weight excluding hydrogens is 197 g/mol. The fraction of sp³-hybridized carbons (Fsp3) is 0.375. The van der Waals surface area contributed by atoms with Crippen LogP contribution in [0.4, 0.5) is 0 Å². The molecule has 0 aromatic carbocycles. The second kappa shape index (κ2) is 3.60. The van der Waals surface area contributed by atoms with Crippen LogP contribution in [0.2, 0.25) is 10.3 Å². The Kier molecular flexibility index (Phi) is 2.94. The summed E-state index contributed by atoms with van der Waals surface area (Å²) < 4.78 is 0. The van der Waals surface area contributed by atoms with Crippen LogP contribution in [0.15, 0.2) is 6.07 Å². The molecule has 1 aromatic rings. The molecule has 0 bridgehead atoms. The highest BCUT2D eigenvalue weighted by molar-refractivity contribution is 6.33. The number of hydrogen-bond donors (Lipinski definition) is 1. The minimum absolute atomic E-state index is 0.264. The summed E-state index contributed by atoms with van der Waals surface area (Å²) in [5.41, 5.74) is 1.43. The number of aromatic nitrogens is 1. The first-order valence-corrected chi connectivity index (χ1v) is 4.28. The number of hydrogen-bond acceptors (Lipinski definition) is 2. The zero-order chi connectivity index (χ0) is 9.30. The van der Waals surface area contributed by atoms with Gasteiger partial charge in [0, 0.05) is 5.56 Å². The van der Waals surface area contributed by atoms with Gasteiger partial charge in [0.1, 0.15) is 10.3 Å². The predicted molar refractivity (Wildman–Crippen MR) is 49.6 cm³/mol. The lowest BCUT2D eigenvalue weighted by Crippen LogP contribution is -1.96. The van der Waals surface area contributed by atoms with E-state index in [1.807, 2.05) is 6.92 Å². The second-order valence-corrected chi connectivity index (χ2v) is 3.37. The summed E-state index contributed by atoms with van der Waals surface area (Å²) in [6, 6.07) is 1.74. The molecule has 0 aliphatic carbocycles. The van der Waals surface area contributed by atoms with Gasteiger partial charge in [-0.25, -0.2) is 4.98 Å². The van der Waals surface area contributed by atoms with Crippen molar-refractivity contribution < 1.29 is 5.11 Å². The van der Waals surface area contributed by atoms with Gasteiger partial charge in [-0.2, -0.15) is 0 Å². The van der Waals surface area contributed by atoms with Crippen molar-refractivity contribution in [2.75, 3.05) is 0 Å². The van der Waals surface area contributed by atoms with Crippen molar-refractivity contribution in [3.05, 3.63) is 27.5 Å². The van der Waals surface area contributed by atoms with Crippen LogP contribution in [0.25, 0.3) is 0 Å². The third-order valence-corrected chi connectivity index (χ3v) is 2.27. The van der Waals surface area contributed by atoms with Gasteiger partial charge >= 0.3 is 0 Å². The van der Waals surface area contributed by atoms with Gasteiger partial charge in [-0.05, 0) is 25.5 Å². The Bertz CT molecular complexity index is 299. The molecule has 0 radical (unpaired) electrons. The molecule has 0 aliphatic rings. The van der Waals surface area contributed by atoms with E-state index in [0.29, 0.717) is 10.7 Å². The number of aliphatic hydroxyl groups excluding tert-OH is 1. The van der Waals surface area contributed by atoms with Gasteiger partial charge < -0.3 is 5.11 Å². The lowest BCUT2D eigenvalue weighted by atomic mass is 10.1. The van der Waals surface area contributed by atoms with Crippen LogP contribution >= 0.6 is 23.2 Å². The summed E-state index contributed by atoms with van der Waals surface area (Å²) in [6.45, 7) is 3.45. The fourth-order valence-corrected chi connectivity index (χ4v) is 1.36. The number of aryl methyl sites for hydroxylation is 1. The van der Waals surface area contributed by atoms with Gasteiger partial charge in [0.2, 0.25) is 0 Å². The van der Waals surface area contributed by atoms with Gasteiger partial charge in [0.05, 0.1) is 6.10 Å². The van der Waals surface area contributed by atoms with Gasteiger partial charge in [-0.3, -0.25) is 0 Å². The van der Waals surface area contributed by atoms with E-state index in [9.17, 15) is 5.11 Å². The van der Waals surface area contributed by atoms with Crippen molar-refractivity contribution in [1.29, 1.82) is 0 Å². The molecule has 66 valence electrons. The van der Waals surface area contributed by atoms with E-state index in [-0.39, 0.29) is 5.15 Å². The van der Waals surface area contributed by atoms with E-state index in [2.05, 4.69) is 4.98 Å². The van der Waals surface area contributed by atoms with Crippen LogP contribution in [0.5, 0.6) is 0 Å². The van der Waals surface area contributed by atoms with Crippen LogP contribution in [-0.4, -0.2) is 10.1 Å². The van der Waals surface area contributed by atoms with Gasteiger partial charge in [-0.15, -0.1) is 0 Å². The third-order valence-electron chi connectivity index (χ3n) is 1.58. The van der Waals surface area contributed by atoms with Crippen molar-refractivity contribution in [3.8, 4) is 0 Å². The molecule has 0 aliphatic heterocycles. The lowest BCUT2D eigenvalue weighted by Gasteiger charge is -2.08. The highest BCUT2D eigenvalue weighted by Gasteiger charge is 2.09. The Balaban J connectivity index is 3.23.